The van der Waals surface area contributed by atoms with Crippen LogP contribution in [0.1, 0.15) is 45.9 Å². The summed E-state index contributed by atoms with van der Waals surface area (Å²) in [5.41, 5.74) is 9.43. The average Bonchev–Trinajstić information content (AvgIpc) is 2.54. The highest BCUT2D eigenvalue weighted by atomic mass is 16.6. The van der Waals surface area contributed by atoms with E-state index in [0.29, 0.717) is 5.69 Å². The molecule has 0 spiro atoms. The molecule has 0 radical (unpaired) electrons. The molecule has 24 heavy (non-hydrogen) atoms. The monoisotopic (exact) mass is 325 g/mol. The number of fused-ring (bicyclic) bond motifs is 1. The second kappa shape index (κ2) is 6.31. The van der Waals surface area contributed by atoms with Gasteiger partial charge in [-0.2, -0.15) is 0 Å². The normalized spacial score (nSPS) is 16.3. The maximum atomic E-state index is 12.6. The molecule has 0 fully saturated rings. The molecule has 1 atom stereocenters. The number of nitrogens with two attached hydrogens (primary N) is 1. The van der Waals surface area contributed by atoms with Crippen molar-refractivity contribution in [2.24, 2.45) is 0 Å². The number of nitro groups is 1. The van der Waals surface area contributed by atoms with Gasteiger partial charge in [-0.15, -0.1) is 0 Å². The first-order valence-corrected chi connectivity index (χ1v) is 7.90. The lowest BCUT2D eigenvalue weighted by Gasteiger charge is -2.26. The Labute approximate surface area is 139 Å². The molecule has 0 saturated carbocycles. The van der Waals surface area contributed by atoms with Crippen LogP contribution in [0.3, 0.4) is 0 Å². The molecular formula is C18H19N3O3. The van der Waals surface area contributed by atoms with Crippen LogP contribution < -0.4 is 11.1 Å². The molecule has 2 aromatic carbocycles. The van der Waals surface area contributed by atoms with Gasteiger partial charge in [-0.05, 0) is 61.1 Å². The van der Waals surface area contributed by atoms with E-state index in [1.165, 1.54) is 6.07 Å². The van der Waals surface area contributed by atoms with Crippen LogP contribution in [0.4, 0.5) is 11.4 Å². The number of nitrogens with one attached hydrogen (secondary N) is 1. The number of hydrogen-bond donors (Lipinski definition) is 2. The van der Waals surface area contributed by atoms with Crippen molar-refractivity contribution < 1.29 is 9.72 Å². The minimum Gasteiger partial charge on any atom is -0.399 e. The molecule has 1 unspecified atom stereocenters. The molecule has 6 nitrogen and oxygen atoms in total. The molecule has 1 aliphatic carbocycles. The van der Waals surface area contributed by atoms with Crippen molar-refractivity contribution in [2.45, 2.75) is 32.2 Å². The van der Waals surface area contributed by atoms with Crippen molar-refractivity contribution in [3.8, 4) is 0 Å². The van der Waals surface area contributed by atoms with E-state index in [1.54, 1.807) is 19.1 Å². The third-order valence-electron chi connectivity index (χ3n) is 4.38. The van der Waals surface area contributed by atoms with Gasteiger partial charge >= 0.3 is 0 Å². The zero-order valence-electron chi connectivity index (χ0n) is 13.4. The van der Waals surface area contributed by atoms with Crippen LogP contribution >= 0.6 is 0 Å². The van der Waals surface area contributed by atoms with Gasteiger partial charge in [0.1, 0.15) is 5.56 Å². The Kier molecular flexibility index (Phi) is 4.20. The van der Waals surface area contributed by atoms with Gasteiger partial charge < -0.3 is 11.1 Å². The van der Waals surface area contributed by atoms with Crippen LogP contribution in [-0.2, 0) is 6.42 Å². The van der Waals surface area contributed by atoms with Gasteiger partial charge in [0.2, 0.25) is 0 Å². The number of nitrogen functional groups attached to an aromatic ring is 1. The standard InChI is InChI=1S/C18H19N3O3/c1-11-5-8-17(21(23)24)15(9-11)18(22)20-16-4-2-3-12-10-13(19)6-7-14(12)16/h5-10,16H,2-4,19H2,1H3,(H,20,22). The Morgan fingerprint density at radius 2 is 2.08 bits per heavy atom. The van der Waals surface area contributed by atoms with E-state index in [1.807, 2.05) is 18.2 Å². The van der Waals surface area contributed by atoms with Crippen LogP contribution in [0.2, 0.25) is 0 Å². The number of benzene rings is 2. The summed E-state index contributed by atoms with van der Waals surface area (Å²) in [6, 6.07) is 10.1. The van der Waals surface area contributed by atoms with E-state index in [2.05, 4.69) is 5.32 Å². The molecule has 0 saturated heterocycles. The van der Waals surface area contributed by atoms with Crippen LogP contribution in [-0.4, -0.2) is 10.8 Å². The van der Waals surface area contributed by atoms with E-state index in [-0.39, 0.29) is 17.3 Å². The summed E-state index contributed by atoms with van der Waals surface area (Å²) in [5.74, 6) is -0.417. The first-order chi connectivity index (χ1) is 11.5. The molecule has 6 heteroatoms. The molecule has 2 aromatic rings. The minimum absolute atomic E-state index is 0.0996. The van der Waals surface area contributed by atoms with E-state index in [9.17, 15) is 14.9 Å². The molecule has 124 valence electrons. The van der Waals surface area contributed by atoms with Gasteiger partial charge in [0.05, 0.1) is 11.0 Å². The zero-order valence-corrected chi connectivity index (χ0v) is 13.4. The van der Waals surface area contributed by atoms with Gasteiger partial charge in [-0.3, -0.25) is 14.9 Å². The van der Waals surface area contributed by atoms with E-state index in [4.69, 9.17) is 5.73 Å². The number of rotatable bonds is 3. The Hall–Kier alpha value is -2.89. The average molecular weight is 325 g/mol. The number of anilines is 1. The van der Waals surface area contributed by atoms with Gasteiger partial charge in [0, 0.05) is 11.8 Å². The lowest BCUT2D eigenvalue weighted by molar-refractivity contribution is -0.385. The van der Waals surface area contributed by atoms with E-state index < -0.39 is 10.8 Å². The lowest BCUT2D eigenvalue weighted by atomic mass is 9.87. The van der Waals surface area contributed by atoms with Crippen molar-refractivity contribution in [1.29, 1.82) is 0 Å². The molecule has 3 N–H and O–H groups in total. The molecule has 0 aliphatic heterocycles. The van der Waals surface area contributed by atoms with Crippen molar-refractivity contribution in [2.75, 3.05) is 5.73 Å². The smallest absolute Gasteiger partial charge is 0.282 e. The molecular weight excluding hydrogens is 306 g/mol. The fourth-order valence-corrected chi connectivity index (χ4v) is 3.21. The highest BCUT2D eigenvalue weighted by Gasteiger charge is 2.26. The second-order valence-corrected chi connectivity index (χ2v) is 6.15. The molecule has 3 rings (SSSR count). The van der Waals surface area contributed by atoms with Crippen LogP contribution in [0.5, 0.6) is 0 Å². The lowest BCUT2D eigenvalue weighted by Crippen LogP contribution is -2.31. The highest BCUT2D eigenvalue weighted by Crippen LogP contribution is 2.31. The molecule has 1 aliphatic rings. The number of aryl methyl sites for hydroxylation is 2. The van der Waals surface area contributed by atoms with Gasteiger partial charge in [0.15, 0.2) is 0 Å². The second-order valence-electron chi connectivity index (χ2n) is 6.15. The minimum atomic E-state index is -0.524. The summed E-state index contributed by atoms with van der Waals surface area (Å²) < 4.78 is 0. The SMILES string of the molecule is Cc1ccc([N+](=O)[O-])c(C(=O)NC2CCCc3cc(N)ccc32)c1. The van der Waals surface area contributed by atoms with Crippen molar-refractivity contribution in [1.82, 2.24) is 5.32 Å². The van der Waals surface area contributed by atoms with Gasteiger partial charge in [-0.25, -0.2) is 0 Å². The fraction of sp³-hybridized carbons (Fsp3) is 0.278. The van der Waals surface area contributed by atoms with E-state index in [0.717, 1.165) is 36.0 Å². The van der Waals surface area contributed by atoms with Crippen molar-refractivity contribution >= 4 is 17.3 Å². The van der Waals surface area contributed by atoms with Gasteiger partial charge in [0.25, 0.3) is 11.6 Å². The topological polar surface area (TPSA) is 98.3 Å². The van der Waals surface area contributed by atoms with Crippen LogP contribution in [0.25, 0.3) is 0 Å². The Morgan fingerprint density at radius 1 is 1.29 bits per heavy atom. The number of nitro benzene ring substituents is 1. The Morgan fingerprint density at radius 3 is 2.83 bits per heavy atom. The maximum Gasteiger partial charge on any atom is 0.282 e. The zero-order chi connectivity index (χ0) is 17.3. The van der Waals surface area contributed by atoms with Crippen LogP contribution in [0.15, 0.2) is 36.4 Å². The molecule has 0 heterocycles. The highest BCUT2D eigenvalue weighted by molar-refractivity contribution is 5.98. The first-order valence-electron chi connectivity index (χ1n) is 7.90. The maximum absolute atomic E-state index is 12.6. The number of carbonyl (C=O) groups is 1. The molecule has 0 aromatic heterocycles. The fourth-order valence-electron chi connectivity index (χ4n) is 3.21. The summed E-state index contributed by atoms with van der Waals surface area (Å²) in [6.07, 6.45) is 2.68. The summed E-state index contributed by atoms with van der Waals surface area (Å²) in [7, 11) is 0. The van der Waals surface area contributed by atoms with Crippen LogP contribution in [0, 0.1) is 17.0 Å². The largest absolute Gasteiger partial charge is 0.399 e. The van der Waals surface area contributed by atoms with Crippen molar-refractivity contribution in [3.63, 3.8) is 0 Å². The summed E-state index contributed by atoms with van der Waals surface area (Å²) in [4.78, 5) is 23.3. The third-order valence-corrected chi connectivity index (χ3v) is 4.38. The van der Waals surface area contributed by atoms with Crippen molar-refractivity contribution in [3.05, 3.63) is 68.8 Å². The number of carbonyl (C=O) groups excluding carboxylic acids is 1. The Bertz CT molecular complexity index is 817. The number of hydrogen-bond acceptors (Lipinski definition) is 4. The molecule has 1 amide bonds. The summed E-state index contributed by atoms with van der Waals surface area (Å²) >= 11 is 0. The predicted molar refractivity (Wildman–Crippen MR) is 91.8 cm³/mol. The Balaban J connectivity index is 1.89. The number of amides is 1. The molecule has 0 bridgehead atoms. The summed E-state index contributed by atoms with van der Waals surface area (Å²) in [6.45, 7) is 1.80. The predicted octanol–water partition coefficient (Wildman–Crippen LogP) is 3.29. The van der Waals surface area contributed by atoms with Gasteiger partial charge in [-0.1, -0.05) is 12.1 Å². The van der Waals surface area contributed by atoms with E-state index >= 15 is 0 Å². The quantitative estimate of drug-likeness (QED) is 0.514. The first kappa shape index (κ1) is 16.0. The number of nitrogens with zero attached hydrogens (tertiary/aromatic N) is 1. The third kappa shape index (κ3) is 3.08. The summed E-state index contributed by atoms with van der Waals surface area (Å²) in [5, 5.41) is 14.1.